The molecule has 0 aliphatic rings. The lowest BCUT2D eigenvalue weighted by molar-refractivity contribution is 0.306. The molecule has 0 aliphatic heterocycles. The van der Waals surface area contributed by atoms with Crippen LogP contribution in [-0.2, 0) is 0 Å². The van der Waals surface area contributed by atoms with Crippen LogP contribution in [0.2, 0.25) is 0 Å². The van der Waals surface area contributed by atoms with Gasteiger partial charge in [-0.15, -0.1) is 0 Å². The zero-order valence-corrected chi connectivity index (χ0v) is 16.9. The molecule has 0 rings (SSSR count). The molecule has 0 atom stereocenters. The Morgan fingerprint density at radius 3 is 0.864 bits per heavy atom. The summed E-state index contributed by atoms with van der Waals surface area (Å²) in [6.45, 7) is 14.3. The zero-order valence-electron chi connectivity index (χ0n) is 16.9. The van der Waals surface area contributed by atoms with Crippen LogP contribution in [0, 0.1) is 10.8 Å². The third-order valence-corrected chi connectivity index (χ3v) is 5.87. The van der Waals surface area contributed by atoms with E-state index in [9.17, 15) is 0 Å². The fourth-order valence-corrected chi connectivity index (χ4v) is 2.97. The lowest BCUT2D eigenvalue weighted by Crippen LogP contribution is -2.08. The van der Waals surface area contributed by atoms with E-state index in [4.69, 9.17) is 0 Å². The van der Waals surface area contributed by atoms with Crippen molar-refractivity contribution in [2.24, 2.45) is 10.8 Å². The van der Waals surface area contributed by atoms with Crippen molar-refractivity contribution in [1.82, 2.24) is 0 Å². The molecule has 0 spiro atoms. The third kappa shape index (κ3) is 13.6. The predicted molar refractivity (Wildman–Crippen MR) is 104 cm³/mol. The third-order valence-electron chi connectivity index (χ3n) is 5.87. The van der Waals surface area contributed by atoms with Gasteiger partial charge in [-0.05, 0) is 23.7 Å². The molecule has 22 heavy (non-hydrogen) atoms. The Morgan fingerprint density at radius 1 is 0.409 bits per heavy atom. The van der Waals surface area contributed by atoms with Crippen molar-refractivity contribution in [3.05, 3.63) is 0 Å². The van der Waals surface area contributed by atoms with Crippen molar-refractivity contribution in [1.29, 1.82) is 0 Å². The van der Waals surface area contributed by atoms with Crippen LogP contribution in [0.25, 0.3) is 0 Å². The summed E-state index contributed by atoms with van der Waals surface area (Å²) in [4.78, 5) is 0. The molecule has 0 unspecified atom stereocenters. The quantitative estimate of drug-likeness (QED) is 0.266. The molecule has 0 fully saturated rings. The summed E-state index contributed by atoms with van der Waals surface area (Å²) < 4.78 is 0. The molecule has 0 aromatic heterocycles. The normalized spacial score (nSPS) is 12.8. The van der Waals surface area contributed by atoms with Gasteiger partial charge in [0.25, 0.3) is 0 Å². The molecule has 0 N–H and O–H groups in total. The highest BCUT2D eigenvalue weighted by Crippen LogP contribution is 2.28. The molecule has 0 aromatic rings. The molecular weight excluding hydrogens is 264 g/mol. The van der Waals surface area contributed by atoms with Gasteiger partial charge in [0.2, 0.25) is 0 Å². The molecule has 0 saturated carbocycles. The van der Waals surface area contributed by atoms with Crippen LogP contribution in [0.5, 0.6) is 0 Å². The van der Waals surface area contributed by atoms with E-state index in [2.05, 4.69) is 41.5 Å². The molecule has 0 aromatic carbocycles. The lowest BCUT2D eigenvalue weighted by Gasteiger charge is -2.22. The highest BCUT2D eigenvalue weighted by atomic mass is 14.2. The number of hydrogen-bond acceptors (Lipinski definition) is 0. The van der Waals surface area contributed by atoms with Gasteiger partial charge >= 0.3 is 0 Å². The summed E-state index contributed by atoms with van der Waals surface area (Å²) in [7, 11) is 0. The first kappa shape index (κ1) is 22.0. The van der Waals surface area contributed by atoms with Crippen LogP contribution >= 0.6 is 0 Å². The van der Waals surface area contributed by atoms with Crippen LogP contribution in [0.4, 0.5) is 0 Å². The SMILES string of the molecule is CCC(C)(C)CCCCCCCCCCCCC(C)(C)CC. The summed E-state index contributed by atoms with van der Waals surface area (Å²) in [6, 6.07) is 0. The van der Waals surface area contributed by atoms with Gasteiger partial charge in [-0.25, -0.2) is 0 Å². The summed E-state index contributed by atoms with van der Waals surface area (Å²) >= 11 is 0. The molecule has 0 nitrogen and oxygen atoms in total. The van der Waals surface area contributed by atoms with E-state index < -0.39 is 0 Å². The summed E-state index contributed by atoms with van der Waals surface area (Å²) in [5.74, 6) is 0. The van der Waals surface area contributed by atoms with E-state index in [0.29, 0.717) is 10.8 Å². The largest absolute Gasteiger partial charge is 0.0649 e. The summed E-state index contributed by atoms with van der Waals surface area (Å²) in [6.07, 6.45) is 20.1. The molecule has 134 valence electrons. The Morgan fingerprint density at radius 2 is 0.636 bits per heavy atom. The van der Waals surface area contributed by atoms with Gasteiger partial charge in [0.1, 0.15) is 0 Å². The molecule has 0 radical (unpaired) electrons. The second-order valence-corrected chi connectivity index (χ2v) is 9.07. The Labute approximate surface area is 142 Å². The fourth-order valence-electron chi connectivity index (χ4n) is 2.97. The van der Waals surface area contributed by atoms with E-state index >= 15 is 0 Å². The first-order valence-electron chi connectivity index (χ1n) is 10.3. The molecule has 0 amide bonds. The Bertz CT molecular complexity index is 210. The van der Waals surface area contributed by atoms with Crippen molar-refractivity contribution in [2.75, 3.05) is 0 Å². The second-order valence-electron chi connectivity index (χ2n) is 9.07. The minimum Gasteiger partial charge on any atom is -0.0649 e. The first-order valence-corrected chi connectivity index (χ1v) is 10.3. The van der Waals surface area contributed by atoms with Crippen molar-refractivity contribution in [3.63, 3.8) is 0 Å². The molecular formula is C22H46. The minimum absolute atomic E-state index is 0.576. The number of rotatable bonds is 15. The Kier molecular flexibility index (Phi) is 12.4. The molecule has 0 saturated heterocycles. The average molecular weight is 311 g/mol. The van der Waals surface area contributed by atoms with Crippen molar-refractivity contribution < 1.29 is 0 Å². The summed E-state index contributed by atoms with van der Waals surface area (Å²) in [5.41, 5.74) is 1.15. The monoisotopic (exact) mass is 310 g/mol. The lowest BCUT2D eigenvalue weighted by atomic mass is 9.84. The van der Waals surface area contributed by atoms with Crippen LogP contribution in [0.3, 0.4) is 0 Å². The number of unbranched alkanes of at least 4 members (excludes halogenated alkanes) is 9. The van der Waals surface area contributed by atoms with Gasteiger partial charge in [0.15, 0.2) is 0 Å². The second kappa shape index (κ2) is 12.4. The predicted octanol–water partition coefficient (Wildman–Crippen LogP) is 8.54. The zero-order chi connectivity index (χ0) is 16.9. The van der Waals surface area contributed by atoms with Crippen molar-refractivity contribution in [2.45, 2.75) is 131 Å². The van der Waals surface area contributed by atoms with Crippen molar-refractivity contribution in [3.8, 4) is 0 Å². The fraction of sp³-hybridized carbons (Fsp3) is 1.00. The highest BCUT2D eigenvalue weighted by Gasteiger charge is 2.14. The van der Waals surface area contributed by atoms with Gasteiger partial charge < -0.3 is 0 Å². The van der Waals surface area contributed by atoms with Crippen LogP contribution in [-0.4, -0.2) is 0 Å². The Balaban J connectivity index is 3.21. The van der Waals surface area contributed by atoms with E-state index in [1.807, 2.05) is 0 Å². The van der Waals surface area contributed by atoms with E-state index in [1.54, 1.807) is 0 Å². The Hall–Kier alpha value is 0. The molecule has 0 heteroatoms. The molecule has 0 heterocycles. The van der Waals surface area contributed by atoms with Gasteiger partial charge in [-0.3, -0.25) is 0 Å². The maximum Gasteiger partial charge on any atom is -0.0357 e. The maximum atomic E-state index is 2.41. The van der Waals surface area contributed by atoms with Crippen LogP contribution < -0.4 is 0 Å². The maximum absolute atomic E-state index is 2.41. The van der Waals surface area contributed by atoms with E-state index in [-0.39, 0.29) is 0 Å². The van der Waals surface area contributed by atoms with E-state index in [0.717, 1.165) is 0 Å². The summed E-state index contributed by atoms with van der Waals surface area (Å²) in [5, 5.41) is 0. The molecule has 0 aliphatic carbocycles. The number of hydrogen-bond donors (Lipinski definition) is 0. The molecule has 0 bridgehead atoms. The van der Waals surface area contributed by atoms with Gasteiger partial charge in [0.05, 0.1) is 0 Å². The van der Waals surface area contributed by atoms with E-state index in [1.165, 1.54) is 89.9 Å². The average Bonchev–Trinajstić information content (AvgIpc) is 2.48. The smallest absolute Gasteiger partial charge is 0.0357 e. The first-order chi connectivity index (χ1) is 10.3. The highest BCUT2D eigenvalue weighted by molar-refractivity contribution is 4.66. The van der Waals surface area contributed by atoms with Gasteiger partial charge in [-0.2, -0.15) is 0 Å². The van der Waals surface area contributed by atoms with Crippen molar-refractivity contribution >= 4 is 0 Å². The van der Waals surface area contributed by atoms with Gasteiger partial charge in [-0.1, -0.05) is 119 Å². The minimum atomic E-state index is 0.576. The van der Waals surface area contributed by atoms with Crippen LogP contribution in [0.1, 0.15) is 131 Å². The topological polar surface area (TPSA) is 0 Å². The van der Waals surface area contributed by atoms with Gasteiger partial charge in [0, 0.05) is 0 Å². The standard InChI is InChI=1S/C22H46/c1-7-21(3,4)19-17-15-13-11-9-10-12-14-16-18-20-22(5,6)8-2/h7-20H2,1-6H3. The van der Waals surface area contributed by atoms with Crippen LogP contribution in [0.15, 0.2) is 0 Å².